The van der Waals surface area contributed by atoms with Crippen molar-refractivity contribution in [3.05, 3.63) is 33.9 Å². The molecule has 1 aromatic rings. The summed E-state index contributed by atoms with van der Waals surface area (Å²) in [6.07, 6.45) is 1.09. The maximum atomic E-state index is 12.1. The molecule has 0 aliphatic rings. The molecule has 116 valence electrons. The van der Waals surface area contributed by atoms with Crippen molar-refractivity contribution in [2.75, 3.05) is 38.0 Å². The van der Waals surface area contributed by atoms with Gasteiger partial charge in [0.05, 0.1) is 10.7 Å². The first-order valence-electron chi connectivity index (χ1n) is 6.05. The molecule has 0 aliphatic heterocycles. The number of anilines is 1. The van der Waals surface area contributed by atoms with E-state index in [1.165, 1.54) is 37.2 Å². The summed E-state index contributed by atoms with van der Waals surface area (Å²) in [5.41, 5.74) is 0.344. The maximum Gasteiger partial charge on any atom is 0.292 e. The lowest BCUT2D eigenvalue weighted by Gasteiger charge is -2.17. The van der Waals surface area contributed by atoms with Gasteiger partial charge in [-0.1, -0.05) is 0 Å². The van der Waals surface area contributed by atoms with Gasteiger partial charge in [0.15, 0.2) is 0 Å². The second-order valence-electron chi connectivity index (χ2n) is 4.60. The van der Waals surface area contributed by atoms with Gasteiger partial charge in [-0.15, -0.1) is 0 Å². The van der Waals surface area contributed by atoms with E-state index in [0.29, 0.717) is 0 Å². The molecule has 0 aromatic heterocycles. The minimum atomic E-state index is -3.16. The second-order valence-corrected chi connectivity index (χ2v) is 6.86. The number of nitro groups is 1. The quantitative estimate of drug-likeness (QED) is 0.613. The highest BCUT2D eigenvalue weighted by Crippen LogP contribution is 2.25. The summed E-state index contributed by atoms with van der Waals surface area (Å²) in [5.74, 6) is -0.536. The summed E-state index contributed by atoms with van der Waals surface area (Å²) in [4.78, 5) is 23.7. The van der Waals surface area contributed by atoms with Crippen molar-refractivity contribution in [1.29, 1.82) is 0 Å². The maximum absolute atomic E-state index is 12.1. The van der Waals surface area contributed by atoms with Crippen molar-refractivity contribution in [3.8, 4) is 0 Å². The monoisotopic (exact) mass is 315 g/mol. The predicted octanol–water partition coefficient (Wildman–Crippen LogP) is 0.753. The number of nitro benzene ring substituents is 1. The van der Waals surface area contributed by atoms with Crippen molar-refractivity contribution in [3.63, 3.8) is 0 Å². The van der Waals surface area contributed by atoms with Crippen LogP contribution in [-0.4, -0.2) is 56.8 Å². The number of amides is 1. The van der Waals surface area contributed by atoms with Crippen LogP contribution in [0.5, 0.6) is 0 Å². The Morgan fingerprint density at radius 3 is 2.52 bits per heavy atom. The Balaban J connectivity index is 2.95. The normalized spacial score (nSPS) is 11.0. The van der Waals surface area contributed by atoms with Crippen LogP contribution in [0, 0.1) is 10.1 Å². The largest absolute Gasteiger partial charge is 0.383 e. The van der Waals surface area contributed by atoms with Crippen LogP contribution in [0.4, 0.5) is 11.4 Å². The molecule has 1 rings (SSSR count). The molecule has 0 unspecified atom stereocenters. The fourth-order valence-corrected chi connectivity index (χ4v) is 2.26. The first-order valence-corrected chi connectivity index (χ1v) is 8.11. The predicted molar refractivity (Wildman–Crippen MR) is 79.3 cm³/mol. The van der Waals surface area contributed by atoms with E-state index in [2.05, 4.69) is 5.32 Å². The number of carbonyl (C=O) groups is 1. The Morgan fingerprint density at radius 2 is 2.05 bits per heavy atom. The van der Waals surface area contributed by atoms with E-state index < -0.39 is 20.7 Å². The number of rotatable bonds is 6. The number of sulfone groups is 1. The van der Waals surface area contributed by atoms with Crippen LogP contribution in [0.3, 0.4) is 0 Å². The van der Waals surface area contributed by atoms with Crippen LogP contribution >= 0.6 is 0 Å². The smallest absolute Gasteiger partial charge is 0.292 e. The molecule has 1 N–H and O–H groups in total. The van der Waals surface area contributed by atoms with Crippen molar-refractivity contribution in [2.45, 2.75) is 0 Å². The Bertz CT molecular complexity index is 657. The molecule has 0 bridgehead atoms. The molecule has 1 aromatic carbocycles. The van der Waals surface area contributed by atoms with E-state index in [4.69, 9.17) is 0 Å². The van der Waals surface area contributed by atoms with Gasteiger partial charge in [-0.3, -0.25) is 14.9 Å². The molecule has 21 heavy (non-hydrogen) atoms. The van der Waals surface area contributed by atoms with Crippen LogP contribution in [0.25, 0.3) is 0 Å². The highest BCUT2D eigenvalue weighted by Gasteiger charge is 2.18. The highest BCUT2D eigenvalue weighted by atomic mass is 32.2. The molecular weight excluding hydrogens is 298 g/mol. The summed E-state index contributed by atoms with van der Waals surface area (Å²) >= 11 is 0. The number of nitrogens with zero attached hydrogens (tertiary/aromatic N) is 2. The number of nitrogens with one attached hydrogen (secondary N) is 1. The van der Waals surface area contributed by atoms with Crippen molar-refractivity contribution < 1.29 is 18.1 Å². The molecule has 0 heterocycles. The van der Waals surface area contributed by atoms with Crippen molar-refractivity contribution in [1.82, 2.24) is 4.90 Å². The standard InChI is InChI=1S/C12H17N3O5S/c1-13-10-8-9(4-5-11(10)15(17)18)12(16)14(2)6-7-21(3,19)20/h4-5,8,13H,6-7H2,1-3H3. The lowest BCUT2D eigenvalue weighted by atomic mass is 10.1. The zero-order chi connectivity index (χ0) is 16.2. The average Bonchev–Trinajstić information content (AvgIpc) is 2.42. The summed E-state index contributed by atoms with van der Waals surface area (Å²) in [6.45, 7) is 0.0591. The highest BCUT2D eigenvalue weighted by molar-refractivity contribution is 7.90. The first-order chi connectivity index (χ1) is 9.65. The topological polar surface area (TPSA) is 110 Å². The number of hydrogen-bond donors (Lipinski definition) is 1. The van der Waals surface area contributed by atoms with Gasteiger partial charge in [-0.25, -0.2) is 8.42 Å². The lowest BCUT2D eigenvalue weighted by molar-refractivity contribution is -0.383. The van der Waals surface area contributed by atoms with E-state index in [9.17, 15) is 23.3 Å². The van der Waals surface area contributed by atoms with Gasteiger partial charge < -0.3 is 10.2 Å². The molecule has 1 amide bonds. The molecule has 0 fully saturated rings. The van der Waals surface area contributed by atoms with Gasteiger partial charge in [-0.05, 0) is 12.1 Å². The van der Waals surface area contributed by atoms with E-state index in [0.717, 1.165) is 6.26 Å². The summed E-state index contributed by atoms with van der Waals surface area (Å²) in [7, 11) is -0.163. The molecule has 0 saturated carbocycles. The summed E-state index contributed by atoms with van der Waals surface area (Å²) in [6, 6.07) is 3.96. The van der Waals surface area contributed by atoms with Gasteiger partial charge >= 0.3 is 0 Å². The molecule has 0 spiro atoms. The molecular formula is C12H17N3O5S. The molecule has 9 heteroatoms. The van der Waals surface area contributed by atoms with E-state index in [1.807, 2.05) is 0 Å². The first kappa shape index (κ1) is 16.9. The SMILES string of the molecule is CNc1cc(C(=O)N(C)CCS(C)(=O)=O)ccc1[N+](=O)[O-]. The summed E-state index contributed by atoms with van der Waals surface area (Å²) < 4.78 is 22.2. The van der Waals surface area contributed by atoms with Gasteiger partial charge in [-0.2, -0.15) is 0 Å². The third-order valence-electron chi connectivity index (χ3n) is 2.85. The molecule has 0 aliphatic carbocycles. The Kier molecular flexibility index (Phi) is 5.25. The molecule has 0 atom stereocenters. The minimum Gasteiger partial charge on any atom is -0.383 e. The Labute approximate surface area is 122 Å². The van der Waals surface area contributed by atoms with Crippen LogP contribution < -0.4 is 5.32 Å². The molecule has 8 nitrogen and oxygen atoms in total. The number of benzene rings is 1. The zero-order valence-corrected chi connectivity index (χ0v) is 12.8. The van der Waals surface area contributed by atoms with Gasteiger partial charge in [0.1, 0.15) is 15.5 Å². The summed E-state index contributed by atoms with van der Waals surface area (Å²) in [5, 5.41) is 13.5. The third-order valence-corrected chi connectivity index (χ3v) is 3.78. The van der Waals surface area contributed by atoms with Crippen molar-refractivity contribution in [2.24, 2.45) is 0 Å². The fraction of sp³-hybridized carbons (Fsp3) is 0.417. The second kappa shape index (κ2) is 6.53. The lowest BCUT2D eigenvalue weighted by Crippen LogP contribution is -2.31. The number of hydrogen-bond acceptors (Lipinski definition) is 6. The van der Waals surface area contributed by atoms with Crippen LogP contribution in [-0.2, 0) is 9.84 Å². The van der Waals surface area contributed by atoms with Crippen LogP contribution in [0.2, 0.25) is 0 Å². The fourth-order valence-electron chi connectivity index (χ4n) is 1.65. The molecule has 0 saturated heterocycles. The van der Waals surface area contributed by atoms with E-state index >= 15 is 0 Å². The Morgan fingerprint density at radius 1 is 1.43 bits per heavy atom. The van der Waals surface area contributed by atoms with Crippen molar-refractivity contribution >= 4 is 27.1 Å². The average molecular weight is 315 g/mol. The number of carbonyl (C=O) groups excluding carboxylic acids is 1. The zero-order valence-electron chi connectivity index (χ0n) is 12.0. The van der Waals surface area contributed by atoms with Crippen LogP contribution in [0.15, 0.2) is 18.2 Å². The minimum absolute atomic E-state index is 0.0591. The van der Waals surface area contributed by atoms with Crippen LogP contribution in [0.1, 0.15) is 10.4 Å². The van der Waals surface area contributed by atoms with E-state index in [-0.39, 0.29) is 29.2 Å². The molecule has 0 radical (unpaired) electrons. The third kappa shape index (κ3) is 4.71. The van der Waals surface area contributed by atoms with E-state index in [1.54, 1.807) is 0 Å². The van der Waals surface area contributed by atoms with Gasteiger partial charge in [0.2, 0.25) is 0 Å². The Hall–Kier alpha value is -2.16. The van der Waals surface area contributed by atoms with Gasteiger partial charge in [0, 0.05) is 38.5 Å². The van der Waals surface area contributed by atoms with Gasteiger partial charge in [0.25, 0.3) is 11.6 Å².